The van der Waals surface area contributed by atoms with E-state index in [9.17, 15) is 0 Å². The molecule has 2 aromatic rings. The molecule has 0 nitrogen and oxygen atoms in total. The summed E-state index contributed by atoms with van der Waals surface area (Å²) >= 11 is 0. The minimum atomic E-state index is 0.226. The van der Waals surface area contributed by atoms with E-state index in [-0.39, 0.29) is 5.92 Å². The van der Waals surface area contributed by atoms with Crippen LogP contribution in [0.15, 0.2) is 73.3 Å². The van der Waals surface area contributed by atoms with Crippen molar-refractivity contribution >= 4 is 0 Å². The molecule has 0 spiro atoms. The van der Waals surface area contributed by atoms with Crippen molar-refractivity contribution in [2.75, 3.05) is 0 Å². The van der Waals surface area contributed by atoms with Gasteiger partial charge in [0.15, 0.2) is 0 Å². The van der Waals surface area contributed by atoms with Crippen molar-refractivity contribution in [2.24, 2.45) is 0 Å². The van der Waals surface area contributed by atoms with Gasteiger partial charge in [-0.2, -0.15) is 0 Å². The highest BCUT2D eigenvalue weighted by Crippen LogP contribution is 2.18. The normalized spacial score (nSPS) is 11.1. The van der Waals surface area contributed by atoms with Crippen LogP contribution in [-0.4, -0.2) is 0 Å². The summed E-state index contributed by atoms with van der Waals surface area (Å²) in [6.45, 7) is 3.81. The SMILES string of the molecule is C=CC[C@@H](C#Cc1ccccc1)c1ccccc1. The highest BCUT2D eigenvalue weighted by molar-refractivity contribution is 5.38. The van der Waals surface area contributed by atoms with Gasteiger partial charge < -0.3 is 0 Å². The van der Waals surface area contributed by atoms with Gasteiger partial charge in [-0.15, -0.1) is 6.58 Å². The van der Waals surface area contributed by atoms with Gasteiger partial charge in [0.25, 0.3) is 0 Å². The standard InChI is InChI=1S/C18H16/c1-2-9-17(18-12-7-4-8-13-18)15-14-16-10-5-3-6-11-16/h2-8,10-13,17H,1,9H2/t17-/m0/s1. The van der Waals surface area contributed by atoms with Crippen LogP contribution in [-0.2, 0) is 0 Å². The zero-order chi connectivity index (χ0) is 12.6. The largest absolute Gasteiger partial charge is 0.103 e. The fourth-order valence-corrected chi connectivity index (χ4v) is 1.82. The maximum atomic E-state index is 3.81. The molecule has 0 fully saturated rings. The smallest absolute Gasteiger partial charge is 0.0490 e. The predicted molar refractivity (Wildman–Crippen MR) is 77.3 cm³/mol. The molecule has 0 saturated carbocycles. The summed E-state index contributed by atoms with van der Waals surface area (Å²) in [6.07, 6.45) is 2.81. The molecule has 0 amide bonds. The van der Waals surface area contributed by atoms with Gasteiger partial charge >= 0.3 is 0 Å². The molecular weight excluding hydrogens is 216 g/mol. The molecule has 0 heteroatoms. The summed E-state index contributed by atoms with van der Waals surface area (Å²) in [5.41, 5.74) is 2.31. The number of hydrogen-bond donors (Lipinski definition) is 0. The predicted octanol–water partition coefficient (Wildman–Crippen LogP) is 4.40. The molecule has 18 heavy (non-hydrogen) atoms. The van der Waals surface area contributed by atoms with E-state index in [0.29, 0.717) is 0 Å². The van der Waals surface area contributed by atoms with Gasteiger partial charge in [-0.05, 0) is 24.1 Å². The third-order valence-corrected chi connectivity index (χ3v) is 2.77. The Morgan fingerprint density at radius 3 is 2.17 bits per heavy atom. The molecule has 1 atom stereocenters. The van der Waals surface area contributed by atoms with E-state index >= 15 is 0 Å². The average Bonchev–Trinajstić information content (AvgIpc) is 2.45. The summed E-state index contributed by atoms with van der Waals surface area (Å²) in [4.78, 5) is 0. The minimum absolute atomic E-state index is 0.226. The van der Waals surface area contributed by atoms with E-state index in [2.05, 4.69) is 42.7 Å². The first-order valence-corrected chi connectivity index (χ1v) is 6.12. The zero-order valence-electron chi connectivity index (χ0n) is 10.3. The summed E-state index contributed by atoms with van der Waals surface area (Å²) < 4.78 is 0. The Bertz CT molecular complexity index is 541. The molecule has 2 rings (SSSR count). The van der Waals surface area contributed by atoms with Crippen LogP contribution in [0.3, 0.4) is 0 Å². The highest BCUT2D eigenvalue weighted by Gasteiger charge is 2.04. The maximum Gasteiger partial charge on any atom is 0.0490 e. The Kier molecular flexibility index (Phi) is 4.39. The molecule has 0 aliphatic heterocycles. The topological polar surface area (TPSA) is 0 Å². The van der Waals surface area contributed by atoms with Crippen molar-refractivity contribution in [1.29, 1.82) is 0 Å². The first kappa shape index (κ1) is 12.2. The average molecular weight is 232 g/mol. The molecule has 0 saturated heterocycles. The molecule has 0 aromatic heterocycles. The lowest BCUT2D eigenvalue weighted by molar-refractivity contribution is 0.894. The van der Waals surface area contributed by atoms with E-state index in [1.807, 2.05) is 42.5 Å². The second-order valence-electron chi connectivity index (χ2n) is 4.12. The van der Waals surface area contributed by atoms with Gasteiger partial charge in [-0.25, -0.2) is 0 Å². The van der Waals surface area contributed by atoms with Crippen molar-refractivity contribution in [3.8, 4) is 11.8 Å². The summed E-state index contributed by atoms with van der Waals surface area (Å²) in [6, 6.07) is 20.5. The van der Waals surface area contributed by atoms with Gasteiger partial charge in [0.2, 0.25) is 0 Å². The molecule has 0 N–H and O–H groups in total. The first-order chi connectivity index (χ1) is 8.90. The monoisotopic (exact) mass is 232 g/mol. The van der Waals surface area contributed by atoms with Crippen LogP contribution in [0.5, 0.6) is 0 Å². The number of hydrogen-bond acceptors (Lipinski definition) is 0. The highest BCUT2D eigenvalue weighted by atomic mass is 14.1. The van der Waals surface area contributed by atoms with Gasteiger partial charge in [0.1, 0.15) is 0 Å². The Balaban J connectivity index is 2.23. The van der Waals surface area contributed by atoms with Crippen molar-refractivity contribution < 1.29 is 0 Å². The van der Waals surface area contributed by atoms with Crippen LogP contribution < -0.4 is 0 Å². The third kappa shape index (κ3) is 3.37. The lowest BCUT2D eigenvalue weighted by atomic mass is 9.96. The van der Waals surface area contributed by atoms with E-state index < -0.39 is 0 Å². The van der Waals surface area contributed by atoms with Gasteiger partial charge in [-0.1, -0.05) is 66.4 Å². The Labute approximate surface area is 109 Å². The molecule has 0 aliphatic rings. The number of allylic oxidation sites excluding steroid dienone is 1. The summed E-state index contributed by atoms with van der Waals surface area (Å²) in [5, 5.41) is 0. The van der Waals surface area contributed by atoms with Crippen LogP contribution >= 0.6 is 0 Å². The van der Waals surface area contributed by atoms with Crippen LogP contribution in [0.1, 0.15) is 23.5 Å². The maximum absolute atomic E-state index is 3.81. The molecular formula is C18H16. The summed E-state index contributed by atoms with van der Waals surface area (Å²) in [7, 11) is 0. The second-order valence-corrected chi connectivity index (χ2v) is 4.12. The molecule has 0 heterocycles. The Morgan fingerprint density at radius 2 is 1.56 bits per heavy atom. The lowest BCUT2D eigenvalue weighted by Crippen LogP contribution is -1.93. The van der Waals surface area contributed by atoms with Crippen LogP contribution in [0.2, 0.25) is 0 Å². The molecule has 0 radical (unpaired) electrons. The van der Waals surface area contributed by atoms with Gasteiger partial charge in [0, 0.05) is 11.5 Å². The number of rotatable bonds is 3. The number of benzene rings is 2. The molecule has 0 aliphatic carbocycles. The summed E-state index contributed by atoms with van der Waals surface area (Å²) in [5.74, 6) is 6.79. The van der Waals surface area contributed by atoms with Crippen molar-refractivity contribution in [3.05, 3.63) is 84.4 Å². The van der Waals surface area contributed by atoms with Crippen molar-refractivity contribution in [1.82, 2.24) is 0 Å². The van der Waals surface area contributed by atoms with E-state index in [1.165, 1.54) is 5.56 Å². The lowest BCUT2D eigenvalue weighted by Gasteiger charge is -2.07. The van der Waals surface area contributed by atoms with E-state index in [1.54, 1.807) is 0 Å². The second kappa shape index (κ2) is 6.47. The molecule has 0 unspecified atom stereocenters. The van der Waals surface area contributed by atoms with Gasteiger partial charge in [0.05, 0.1) is 0 Å². The Morgan fingerprint density at radius 1 is 0.944 bits per heavy atom. The minimum Gasteiger partial charge on any atom is -0.103 e. The van der Waals surface area contributed by atoms with Crippen LogP contribution in [0.4, 0.5) is 0 Å². The van der Waals surface area contributed by atoms with E-state index in [0.717, 1.165) is 12.0 Å². The third-order valence-electron chi connectivity index (χ3n) is 2.77. The fourth-order valence-electron chi connectivity index (χ4n) is 1.82. The fraction of sp³-hybridized carbons (Fsp3) is 0.111. The molecule has 2 aromatic carbocycles. The van der Waals surface area contributed by atoms with Gasteiger partial charge in [-0.3, -0.25) is 0 Å². The molecule has 88 valence electrons. The van der Waals surface area contributed by atoms with E-state index in [4.69, 9.17) is 0 Å². The molecule has 0 bridgehead atoms. The van der Waals surface area contributed by atoms with Crippen molar-refractivity contribution in [3.63, 3.8) is 0 Å². The first-order valence-electron chi connectivity index (χ1n) is 6.12. The van der Waals surface area contributed by atoms with Crippen LogP contribution in [0, 0.1) is 11.8 Å². The Hall–Kier alpha value is -2.26. The van der Waals surface area contributed by atoms with Crippen molar-refractivity contribution in [2.45, 2.75) is 12.3 Å². The van der Waals surface area contributed by atoms with Crippen LogP contribution in [0.25, 0.3) is 0 Å². The quantitative estimate of drug-likeness (QED) is 0.543. The zero-order valence-corrected chi connectivity index (χ0v) is 10.3.